The number of guanidine groups is 1. The summed E-state index contributed by atoms with van der Waals surface area (Å²) in [6, 6.07) is 10.9. The molecule has 0 heterocycles. The number of likely N-dealkylation sites (N-methyl/N-ethyl adjacent to an activating group) is 1. The molecule has 1 atom stereocenters. The zero-order valence-electron chi connectivity index (χ0n) is 17.8. The predicted molar refractivity (Wildman–Crippen MR) is 114 cm³/mol. The molecule has 0 aliphatic heterocycles. The first-order valence-electron chi connectivity index (χ1n) is 9.82. The maximum Gasteiger partial charge on any atom is 0.239 e. The average Bonchev–Trinajstić information content (AvgIpc) is 2.62. The minimum atomic E-state index is -0.237. The molecule has 152 valence electrons. The lowest BCUT2D eigenvalue weighted by Gasteiger charge is -2.30. The number of rotatable bonds is 9. The summed E-state index contributed by atoms with van der Waals surface area (Å²) >= 11 is 0. The summed E-state index contributed by atoms with van der Waals surface area (Å²) in [4.78, 5) is 18.7. The zero-order chi connectivity index (χ0) is 20.3. The second-order valence-electron chi connectivity index (χ2n) is 7.67. The van der Waals surface area contributed by atoms with Crippen molar-refractivity contribution in [2.24, 2.45) is 4.99 Å². The highest BCUT2D eigenvalue weighted by molar-refractivity contribution is 5.86. The first-order valence-corrected chi connectivity index (χ1v) is 9.82. The average molecular weight is 376 g/mol. The molecule has 0 aliphatic carbocycles. The molecule has 0 aliphatic rings. The van der Waals surface area contributed by atoms with Crippen LogP contribution in [0.5, 0.6) is 0 Å². The summed E-state index contributed by atoms with van der Waals surface area (Å²) in [6.45, 7) is 13.2. The molecule has 3 N–H and O–H groups in total. The lowest BCUT2D eigenvalue weighted by molar-refractivity contribution is -0.121. The Morgan fingerprint density at radius 3 is 2.26 bits per heavy atom. The van der Waals surface area contributed by atoms with Crippen LogP contribution in [0.2, 0.25) is 0 Å². The van der Waals surface area contributed by atoms with Crippen molar-refractivity contribution >= 4 is 11.9 Å². The number of nitrogens with one attached hydrogen (secondary N) is 3. The lowest BCUT2D eigenvalue weighted by atomic mass is 10.0. The zero-order valence-corrected chi connectivity index (χ0v) is 17.8. The fourth-order valence-electron chi connectivity index (χ4n) is 3.02. The van der Waals surface area contributed by atoms with Crippen LogP contribution >= 0.6 is 0 Å². The van der Waals surface area contributed by atoms with Gasteiger partial charge in [0.15, 0.2) is 5.96 Å². The van der Waals surface area contributed by atoms with Gasteiger partial charge in [0.05, 0.1) is 6.54 Å². The molecule has 1 aromatic rings. The number of nitrogens with zero attached hydrogens (tertiary/aromatic N) is 2. The maximum atomic E-state index is 12.0. The summed E-state index contributed by atoms with van der Waals surface area (Å²) in [6.07, 6.45) is 0.969. The Morgan fingerprint density at radius 1 is 1.11 bits per heavy atom. The fourth-order valence-corrected chi connectivity index (χ4v) is 3.02. The van der Waals surface area contributed by atoms with Crippen LogP contribution in [0, 0.1) is 0 Å². The van der Waals surface area contributed by atoms with E-state index < -0.39 is 0 Å². The number of amides is 1. The molecule has 0 aromatic heterocycles. The van der Waals surface area contributed by atoms with Crippen LogP contribution in [0.3, 0.4) is 0 Å². The Bertz CT molecular complexity index is 576. The Hall–Kier alpha value is -2.08. The molecule has 0 radical (unpaired) electrons. The third kappa shape index (κ3) is 9.43. The van der Waals surface area contributed by atoms with Gasteiger partial charge in [-0.15, -0.1) is 0 Å². The standard InChI is InChI=1S/C21H37N5O/c1-7-26(8-2)18(14-17-12-10-9-11-13-17)15-23-20(22-6)24-16-19(27)25-21(3,4)5/h9-13,18H,7-8,14-16H2,1-6H3,(H,25,27)(H2,22,23,24). The molecule has 0 fully saturated rings. The Labute approximate surface area is 164 Å². The number of carbonyl (C=O) groups excluding carboxylic acids is 1. The minimum Gasteiger partial charge on any atom is -0.355 e. The third-order valence-electron chi connectivity index (χ3n) is 4.30. The number of carbonyl (C=O) groups is 1. The predicted octanol–water partition coefficient (Wildman–Crippen LogP) is 2.02. The summed E-state index contributed by atoms with van der Waals surface area (Å²) < 4.78 is 0. The van der Waals surface area contributed by atoms with Crippen LogP contribution in [0.25, 0.3) is 0 Å². The van der Waals surface area contributed by atoms with Crippen molar-refractivity contribution in [2.75, 3.05) is 33.2 Å². The molecule has 27 heavy (non-hydrogen) atoms. The van der Waals surface area contributed by atoms with Gasteiger partial charge >= 0.3 is 0 Å². The Kier molecular flexibility index (Phi) is 9.86. The van der Waals surface area contributed by atoms with Crippen molar-refractivity contribution in [3.63, 3.8) is 0 Å². The van der Waals surface area contributed by atoms with Gasteiger partial charge in [-0.1, -0.05) is 44.2 Å². The molecule has 1 amide bonds. The molecule has 0 spiro atoms. The maximum absolute atomic E-state index is 12.0. The van der Waals surface area contributed by atoms with E-state index in [0.717, 1.165) is 26.1 Å². The van der Waals surface area contributed by atoms with E-state index in [2.05, 4.69) is 64.0 Å². The molecule has 0 saturated carbocycles. The Balaban J connectivity index is 2.62. The van der Waals surface area contributed by atoms with Gasteiger partial charge in [0.2, 0.25) is 5.91 Å². The van der Waals surface area contributed by atoms with Crippen molar-refractivity contribution < 1.29 is 4.79 Å². The summed E-state index contributed by atoms with van der Waals surface area (Å²) in [5.74, 6) is 0.597. The first kappa shape index (κ1) is 23.0. The molecule has 0 bridgehead atoms. The number of aliphatic imine (C=N–C) groups is 1. The molecular formula is C21H37N5O. The molecule has 0 saturated heterocycles. The van der Waals surface area contributed by atoms with E-state index in [1.54, 1.807) is 7.05 Å². The van der Waals surface area contributed by atoms with Crippen molar-refractivity contribution in [3.8, 4) is 0 Å². The highest BCUT2D eigenvalue weighted by atomic mass is 16.2. The molecule has 6 nitrogen and oxygen atoms in total. The van der Waals surface area contributed by atoms with E-state index in [4.69, 9.17) is 0 Å². The van der Waals surface area contributed by atoms with Crippen molar-refractivity contribution in [3.05, 3.63) is 35.9 Å². The third-order valence-corrected chi connectivity index (χ3v) is 4.30. The van der Waals surface area contributed by atoms with E-state index in [1.807, 2.05) is 26.8 Å². The SMILES string of the molecule is CCN(CC)C(CNC(=NC)NCC(=O)NC(C)(C)C)Cc1ccccc1. The number of benzene rings is 1. The van der Waals surface area contributed by atoms with E-state index in [-0.39, 0.29) is 18.0 Å². The monoisotopic (exact) mass is 375 g/mol. The van der Waals surface area contributed by atoms with Gasteiger partial charge in [-0.25, -0.2) is 0 Å². The van der Waals surface area contributed by atoms with Crippen molar-refractivity contribution in [1.29, 1.82) is 0 Å². The van der Waals surface area contributed by atoms with E-state index in [1.165, 1.54) is 5.56 Å². The molecule has 1 aromatic carbocycles. The smallest absolute Gasteiger partial charge is 0.239 e. The second kappa shape index (κ2) is 11.6. The van der Waals surface area contributed by atoms with Gasteiger partial charge in [0.1, 0.15) is 0 Å². The molecule has 1 unspecified atom stereocenters. The molecule has 1 rings (SSSR count). The van der Waals surface area contributed by atoms with Gasteiger partial charge < -0.3 is 16.0 Å². The summed E-state index contributed by atoms with van der Waals surface area (Å²) in [7, 11) is 1.72. The van der Waals surface area contributed by atoms with Crippen LogP contribution in [0.15, 0.2) is 35.3 Å². The number of hydrogen-bond acceptors (Lipinski definition) is 3. The van der Waals surface area contributed by atoms with E-state index >= 15 is 0 Å². The summed E-state index contributed by atoms with van der Waals surface area (Å²) in [5.41, 5.74) is 1.09. The van der Waals surface area contributed by atoms with Crippen LogP contribution < -0.4 is 16.0 Å². The molecule has 6 heteroatoms. The van der Waals surface area contributed by atoms with Gasteiger partial charge in [0, 0.05) is 25.2 Å². The van der Waals surface area contributed by atoms with E-state index in [9.17, 15) is 4.79 Å². The van der Waals surface area contributed by atoms with Crippen LogP contribution in [-0.4, -0.2) is 61.6 Å². The van der Waals surface area contributed by atoms with E-state index in [0.29, 0.717) is 12.0 Å². The second-order valence-corrected chi connectivity index (χ2v) is 7.67. The minimum absolute atomic E-state index is 0.0463. The Morgan fingerprint density at radius 2 is 1.74 bits per heavy atom. The fraction of sp³-hybridized carbons (Fsp3) is 0.619. The normalized spacial score (nSPS) is 13.4. The van der Waals surface area contributed by atoms with Gasteiger partial charge in [-0.05, 0) is 45.8 Å². The first-order chi connectivity index (χ1) is 12.8. The quantitative estimate of drug-likeness (QED) is 0.456. The summed E-state index contributed by atoms with van der Waals surface area (Å²) in [5, 5.41) is 9.41. The molecular weight excluding hydrogens is 338 g/mol. The number of hydrogen-bond donors (Lipinski definition) is 3. The van der Waals surface area contributed by atoms with Gasteiger partial charge in [0.25, 0.3) is 0 Å². The van der Waals surface area contributed by atoms with Crippen molar-refractivity contribution in [2.45, 2.75) is 52.6 Å². The highest BCUT2D eigenvalue weighted by Gasteiger charge is 2.17. The highest BCUT2D eigenvalue weighted by Crippen LogP contribution is 2.08. The van der Waals surface area contributed by atoms with Crippen LogP contribution in [0.4, 0.5) is 0 Å². The van der Waals surface area contributed by atoms with Crippen molar-refractivity contribution in [1.82, 2.24) is 20.9 Å². The van der Waals surface area contributed by atoms with Crippen LogP contribution in [0.1, 0.15) is 40.2 Å². The van der Waals surface area contributed by atoms with Crippen LogP contribution in [-0.2, 0) is 11.2 Å². The largest absolute Gasteiger partial charge is 0.355 e. The van der Waals surface area contributed by atoms with Gasteiger partial charge in [-0.3, -0.25) is 14.7 Å². The van der Waals surface area contributed by atoms with Gasteiger partial charge in [-0.2, -0.15) is 0 Å². The topological polar surface area (TPSA) is 68.8 Å². The lowest BCUT2D eigenvalue weighted by Crippen LogP contribution is -2.51.